The topological polar surface area (TPSA) is 150 Å². The smallest absolute Gasteiger partial charge is 0.468 e. The number of hydrogen-bond donors (Lipinski definition) is 1. The molecule has 0 saturated heterocycles. The van der Waals surface area contributed by atoms with Crippen LogP contribution in [0, 0.1) is 5.92 Å². The van der Waals surface area contributed by atoms with E-state index < -0.39 is 23.8 Å². The molecule has 0 unspecified atom stereocenters. The summed E-state index contributed by atoms with van der Waals surface area (Å²) in [5.41, 5.74) is 5.40. The molecule has 12 heteroatoms. The summed E-state index contributed by atoms with van der Waals surface area (Å²) in [6.07, 6.45) is -1.52. The molecule has 1 rings (SSSR count). The molecule has 0 radical (unpaired) electrons. The SMILES string of the molecule is CCOC(=O)Oc1ccc(C[C@@](N)(CCCOC(=O)C(C)C)C(=O)OC)cc1OC(=O)OCC.Cl. The van der Waals surface area contributed by atoms with Crippen LogP contribution in [0.3, 0.4) is 0 Å². The summed E-state index contributed by atoms with van der Waals surface area (Å²) in [5, 5.41) is 0. The minimum Gasteiger partial charge on any atom is -0.468 e. The number of carbonyl (C=O) groups excluding carboxylic acids is 4. The van der Waals surface area contributed by atoms with Crippen molar-refractivity contribution in [3.05, 3.63) is 23.8 Å². The van der Waals surface area contributed by atoms with Crippen molar-refractivity contribution in [2.24, 2.45) is 11.7 Å². The van der Waals surface area contributed by atoms with Gasteiger partial charge in [0.2, 0.25) is 0 Å². The monoisotopic (exact) mass is 519 g/mol. The number of nitrogens with two attached hydrogens (primary N) is 1. The van der Waals surface area contributed by atoms with E-state index in [0.717, 1.165) is 0 Å². The van der Waals surface area contributed by atoms with E-state index in [1.54, 1.807) is 33.8 Å². The molecule has 1 atom stereocenters. The van der Waals surface area contributed by atoms with E-state index in [1.165, 1.54) is 19.2 Å². The Balaban J connectivity index is 0.0000116. The predicted molar refractivity (Wildman–Crippen MR) is 127 cm³/mol. The minimum absolute atomic E-state index is 0. The minimum atomic E-state index is -1.45. The van der Waals surface area contributed by atoms with Crippen molar-refractivity contribution in [1.29, 1.82) is 0 Å². The summed E-state index contributed by atoms with van der Waals surface area (Å²) in [6, 6.07) is 4.33. The number of ether oxygens (including phenoxy) is 6. The molecule has 0 spiro atoms. The second-order valence-corrected chi connectivity index (χ2v) is 7.60. The second kappa shape index (κ2) is 15.8. The Hall–Kier alpha value is -3.05. The van der Waals surface area contributed by atoms with Crippen molar-refractivity contribution < 1.29 is 47.6 Å². The highest BCUT2D eigenvalue weighted by molar-refractivity contribution is 5.85. The normalized spacial score (nSPS) is 12.0. The number of hydrogen-bond acceptors (Lipinski definition) is 11. The van der Waals surface area contributed by atoms with E-state index >= 15 is 0 Å². The largest absolute Gasteiger partial charge is 0.513 e. The van der Waals surface area contributed by atoms with Gasteiger partial charge in [-0.3, -0.25) is 9.59 Å². The lowest BCUT2D eigenvalue weighted by atomic mass is 9.87. The Morgan fingerprint density at radius 3 is 2.03 bits per heavy atom. The molecule has 0 fully saturated rings. The van der Waals surface area contributed by atoms with Gasteiger partial charge < -0.3 is 34.2 Å². The van der Waals surface area contributed by atoms with Crippen molar-refractivity contribution in [2.75, 3.05) is 26.9 Å². The average Bonchev–Trinajstić information content (AvgIpc) is 2.78. The zero-order valence-corrected chi connectivity index (χ0v) is 21.4. The molecular weight excluding hydrogens is 486 g/mol. The van der Waals surface area contributed by atoms with Crippen LogP contribution in [0.2, 0.25) is 0 Å². The Morgan fingerprint density at radius 1 is 0.943 bits per heavy atom. The molecule has 198 valence electrons. The van der Waals surface area contributed by atoms with Gasteiger partial charge in [0, 0.05) is 6.42 Å². The van der Waals surface area contributed by atoms with Gasteiger partial charge >= 0.3 is 24.2 Å². The zero-order chi connectivity index (χ0) is 25.7. The summed E-state index contributed by atoms with van der Waals surface area (Å²) in [6.45, 7) is 6.90. The molecule has 1 aromatic rings. The first-order chi connectivity index (χ1) is 16.1. The Labute approximate surface area is 210 Å². The molecule has 0 bridgehead atoms. The van der Waals surface area contributed by atoms with Gasteiger partial charge in [-0.15, -0.1) is 12.4 Å². The first kappa shape index (κ1) is 31.9. The maximum atomic E-state index is 12.5. The Bertz CT molecular complexity index is 861. The number of rotatable bonds is 12. The van der Waals surface area contributed by atoms with Gasteiger partial charge in [0.15, 0.2) is 11.5 Å². The first-order valence-electron chi connectivity index (χ1n) is 10.9. The van der Waals surface area contributed by atoms with Crippen LogP contribution in [0.4, 0.5) is 9.59 Å². The maximum absolute atomic E-state index is 12.5. The van der Waals surface area contributed by atoms with Crippen molar-refractivity contribution in [3.8, 4) is 11.5 Å². The number of carbonyl (C=O) groups is 4. The van der Waals surface area contributed by atoms with Crippen molar-refractivity contribution in [2.45, 2.75) is 52.5 Å². The molecule has 0 aliphatic heterocycles. The van der Waals surface area contributed by atoms with E-state index in [4.69, 9.17) is 34.2 Å². The fourth-order valence-corrected chi connectivity index (χ4v) is 2.86. The summed E-state index contributed by atoms with van der Waals surface area (Å²) in [7, 11) is 1.22. The van der Waals surface area contributed by atoms with E-state index in [9.17, 15) is 19.2 Å². The molecule has 0 heterocycles. The van der Waals surface area contributed by atoms with Crippen molar-refractivity contribution >= 4 is 36.7 Å². The Kier molecular flexibility index (Phi) is 14.4. The maximum Gasteiger partial charge on any atom is 0.513 e. The van der Waals surface area contributed by atoms with Crippen LogP contribution in [0.25, 0.3) is 0 Å². The first-order valence-corrected chi connectivity index (χ1v) is 10.9. The third kappa shape index (κ3) is 10.8. The lowest BCUT2D eigenvalue weighted by Crippen LogP contribution is -2.50. The highest BCUT2D eigenvalue weighted by Crippen LogP contribution is 2.31. The van der Waals surface area contributed by atoms with Gasteiger partial charge in [0.25, 0.3) is 0 Å². The fourth-order valence-electron chi connectivity index (χ4n) is 2.86. The lowest BCUT2D eigenvalue weighted by molar-refractivity contribution is -0.148. The van der Waals surface area contributed by atoms with Crippen LogP contribution in [0.1, 0.15) is 46.1 Å². The van der Waals surface area contributed by atoms with Gasteiger partial charge in [0.1, 0.15) is 5.54 Å². The van der Waals surface area contributed by atoms with Crippen LogP contribution in [0.5, 0.6) is 11.5 Å². The standard InChI is InChI=1S/C23H33NO10.ClH/c1-6-30-21(27)33-17-10-9-16(13-18(17)34-22(28)31-7-2)14-23(24,20(26)29-5)11-8-12-32-19(25)15(3)4;/h9-10,13,15H,6-8,11-12,14,24H2,1-5H3;1H/t23-;/m0./s1. The number of esters is 2. The Morgan fingerprint density at radius 2 is 1.51 bits per heavy atom. The molecule has 11 nitrogen and oxygen atoms in total. The summed E-state index contributed by atoms with van der Waals surface area (Å²) in [4.78, 5) is 47.7. The molecule has 0 amide bonds. The second-order valence-electron chi connectivity index (χ2n) is 7.60. The zero-order valence-electron chi connectivity index (χ0n) is 20.6. The van der Waals surface area contributed by atoms with Gasteiger partial charge in [-0.25, -0.2) is 9.59 Å². The average molecular weight is 520 g/mol. The van der Waals surface area contributed by atoms with Crippen LogP contribution in [-0.4, -0.2) is 56.7 Å². The number of methoxy groups -OCH3 is 1. The molecule has 0 aliphatic rings. The molecule has 0 saturated carbocycles. The molecule has 0 aromatic heterocycles. The highest BCUT2D eigenvalue weighted by Gasteiger charge is 2.35. The molecule has 0 aliphatic carbocycles. The molecule has 1 aromatic carbocycles. The van der Waals surface area contributed by atoms with Crippen LogP contribution in [0.15, 0.2) is 18.2 Å². The molecule has 35 heavy (non-hydrogen) atoms. The van der Waals surface area contributed by atoms with E-state index in [2.05, 4.69) is 0 Å². The molecule has 2 N–H and O–H groups in total. The summed E-state index contributed by atoms with van der Waals surface area (Å²) >= 11 is 0. The van der Waals surface area contributed by atoms with Gasteiger partial charge in [-0.1, -0.05) is 19.9 Å². The lowest BCUT2D eigenvalue weighted by Gasteiger charge is -2.27. The third-order valence-corrected chi connectivity index (χ3v) is 4.51. The number of benzene rings is 1. The predicted octanol–water partition coefficient (Wildman–Crippen LogP) is 3.57. The summed E-state index contributed by atoms with van der Waals surface area (Å²) < 4.78 is 29.8. The van der Waals surface area contributed by atoms with E-state index in [1.807, 2.05) is 0 Å². The summed E-state index contributed by atoms with van der Waals surface area (Å²) in [5.74, 6) is -1.49. The molecular formula is C23H34ClNO10. The highest BCUT2D eigenvalue weighted by atomic mass is 35.5. The fraction of sp³-hybridized carbons (Fsp3) is 0.565. The van der Waals surface area contributed by atoms with Crippen LogP contribution in [-0.2, 0) is 35.0 Å². The van der Waals surface area contributed by atoms with Crippen LogP contribution >= 0.6 is 12.4 Å². The third-order valence-electron chi connectivity index (χ3n) is 4.51. The van der Waals surface area contributed by atoms with E-state index in [-0.39, 0.29) is 68.5 Å². The number of halogens is 1. The van der Waals surface area contributed by atoms with Gasteiger partial charge in [-0.2, -0.15) is 0 Å². The van der Waals surface area contributed by atoms with Crippen molar-refractivity contribution in [3.63, 3.8) is 0 Å². The van der Waals surface area contributed by atoms with Crippen molar-refractivity contribution in [1.82, 2.24) is 0 Å². The van der Waals surface area contributed by atoms with Gasteiger partial charge in [0.05, 0.1) is 32.8 Å². The van der Waals surface area contributed by atoms with E-state index in [0.29, 0.717) is 12.0 Å². The van der Waals surface area contributed by atoms with Crippen LogP contribution < -0.4 is 15.2 Å². The van der Waals surface area contributed by atoms with Gasteiger partial charge in [-0.05, 0) is 44.4 Å². The quantitative estimate of drug-likeness (QED) is 0.187.